The summed E-state index contributed by atoms with van der Waals surface area (Å²) in [5.74, 6) is 0.234. The van der Waals surface area contributed by atoms with Crippen LogP contribution in [0.4, 0.5) is 16.0 Å². The molecule has 1 fully saturated rings. The van der Waals surface area contributed by atoms with Crippen LogP contribution in [0.2, 0.25) is 0 Å². The molecule has 0 aliphatic carbocycles. The molecule has 6 nitrogen and oxygen atoms in total. The average molecular weight is 436 g/mol. The van der Waals surface area contributed by atoms with Crippen LogP contribution in [0, 0.1) is 5.82 Å². The summed E-state index contributed by atoms with van der Waals surface area (Å²) >= 11 is 0. The maximum Gasteiger partial charge on any atom is 0.255 e. The van der Waals surface area contributed by atoms with Gasteiger partial charge in [-0.2, -0.15) is 0 Å². The lowest BCUT2D eigenvalue weighted by Crippen LogP contribution is -2.31. The predicted octanol–water partition coefficient (Wildman–Crippen LogP) is 4.21. The van der Waals surface area contributed by atoms with Crippen molar-refractivity contribution in [2.24, 2.45) is 7.05 Å². The highest BCUT2D eigenvalue weighted by Gasteiger charge is 2.17. The molecule has 0 saturated carbocycles. The van der Waals surface area contributed by atoms with E-state index in [0.29, 0.717) is 18.2 Å². The Bertz CT molecular complexity index is 1120. The lowest BCUT2D eigenvalue weighted by molar-refractivity contribution is 0.577. The van der Waals surface area contributed by atoms with Crippen LogP contribution in [0.1, 0.15) is 37.7 Å². The number of likely N-dealkylation sites (N-methyl/N-ethyl adjacent to an activating group) is 1. The highest BCUT2D eigenvalue weighted by Crippen LogP contribution is 2.25. The first-order valence-electron chi connectivity index (χ1n) is 11.2. The Morgan fingerprint density at radius 1 is 1.12 bits per heavy atom. The highest BCUT2D eigenvalue weighted by molar-refractivity contribution is 5.60. The predicted molar refractivity (Wildman–Crippen MR) is 127 cm³/mol. The molecule has 2 aromatic heterocycles. The van der Waals surface area contributed by atoms with Gasteiger partial charge in [0.1, 0.15) is 0 Å². The van der Waals surface area contributed by atoms with Gasteiger partial charge < -0.3 is 9.80 Å². The molecule has 0 spiro atoms. The molecule has 0 amide bonds. The van der Waals surface area contributed by atoms with E-state index in [9.17, 15) is 9.18 Å². The van der Waals surface area contributed by atoms with Crippen molar-refractivity contribution in [1.82, 2.24) is 14.5 Å². The van der Waals surface area contributed by atoms with Gasteiger partial charge in [-0.1, -0.05) is 19.1 Å². The molecule has 1 atom stereocenters. The molecular weight excluding hydrogens is 405 g/mol. The summed E-state index contributed by atoms with van der Waals surface area (Å²) in [7, 11) is 3.60. The van der Waals surface area contributed by atoms with Crippen molar-refractivity contribution in [2.45, 2.75) is 32.1 Å². The van der Waals surface area contributed by atoms with Gasteiger partial charge in [0.15, 0.2) is 5.82 Å². The van der Waals surface area contributed by atoms with Crippen molar-refractivity contribution in [3.8, 4) is 11.3 Å². The van der Waals surface area contributed by atoms with Crippen LogP contribution in [0.5, 0.6) is 0 Å². The molecule has 32 heavy (non-hydrogen) atoms. The number of benzene rings is 1. The first-order valence-corrected chi connectivity index (χ1v) is 11.2. The van der Waals surface area contributed by atoms with Crippen molar-refractivity contribution in [1.29, 1.82) is 0 Å². The van der Waals surface area contributed by atoms with Crippen LogP contribution in [0.3, 0.4) is 0 Å². The summed E-state index contributed by atoms with van der Waals surface area (Å²) in [6.45, 7) is 5.10. The van der Waals surface area contributed by atoms with Gasteiger partial charge in [0.25, 0.3) is 5.56 Å². The third kappa shape index (κ3) is 4.66. The van der Waals surface area contributed by atoms with Gasteiger partial charge in [-0.25, -0.2) is 9.37 Å². The zero-order valence-corrected chi connectivity index (χ0v) is 19.0. The smallest absolute Gasteiger partial charge is 0.255 e. The molecule has 0 N–H and O–H groups in total. The summed E-state index contributed by atoms with van der Waals surface area (Å²) in [4.78, 5) is 25.3. The number of hydrogen-bond acceptors (Lipinski definition) is 5. The molecule has 168 valence electrons. The number of anilines is 2. The Morgan fingerprint density at radius 2 is 1.84 bits per heavy atom. The fourth-order valence-corrected chi connectivity index (χ4v) is 4.35. The molecule has 4 rings (SSSR count). The normalized spacial score (nSPS) is 14.9. The summed E-state index contributed by atoms with van der Waals surface area (Å²) in [5.41, 5.74) is 2.87. The van der Waals surface area contributed by atoms with E-state index in [-0.39, 0.29) is 17.0 Å². The molecule has 3 heterocycles. The lowest BCUT2D eigenvalue weighted by Gasteiger charge is -2.29. The van der Waals surface area contributed by atoms with Crippen LogP contribution in [0.15, 0.2) is 53.6 Å². The second-order valence-electron chi connectivity index (χ2n) is 8.61. The van der Waals surface area contributed by atoms with Crippen molar-refractivity contribution < 1.29 is 4.39 Å². The first-order chi connectivity index (χ1) is 15.4. The van der Waals surface area contributed by atoms with Gasteiger partial charge >= 0.3 is 0 Å². The second-order valence-corrected chi connectivity index (χ2v) is 8.61. The summed E-state index contributed by atoms with van der Waals surface area (Å²) in [6.07, 6.45) is 6.47. The largest absolute Gasteiger partial charge is 0.372 e. The number of aromatic nitrogens is 3. The molecule has 7 heteroatoms. The molecule has 0 radical (unpaired) electrons. The minimum absolute atomic E-state index is 0.230. The number of nitrogens with zero attached hydrogens (tertiary/aromatic N) is 5. The van der Waals surface area contributed by atoms with Gasteiger partial charge in [-0.05, 0) is 48.9 Å². The summed E-state index contributed by atoms with van der Waals surface area (Å²) in [5, 5.41) is 0. The number of halogens is 1. The minimum Gasteiger partial charge on any atom is -0.372 e. The second kappa shape index (κ2) is 9.51. The maximum absolute atomic E-state index is 14.2. The Kier molecular flexibility index (Phi) is 6.53. The average Bonchev–Trinajstić information content (AvgIpc) is 2.81. The van der Waals surface area contributed by atoms with Crippen molar-refractivity contribution >= 4 is 11.6 Å². The van der Waals surface area contributed by atoms with Gasteiger partial charge in [0.2, 0.25) is 5.95 Å². The number of pyridine rings is 1. The minimum atomic E-state index is -0.496. The van der Waals surface area contributed by atoms with Gasteiger partial charge in [0.05, 0.1) is 11.9 Å². The lowest BCUT2D eigenvalue weighted by atomic mass is 10.00. The molecular formula is C25H30FN5O. The summed E-state index contributed by atoms with van der Waals surface area (Å²) in [6, 6.07) is 11.7. The molecule has 0 unspecified atom stereocenters. The third-order valence-electron chi connectivity index (χ3n) is 6.23. The van der Waals surface area contributed by atoms with Crippen LogP contribution in [-0.4, -0.2) is 41.2 Å². The van der Waals surface area contributed by atoms with Crippen molar-refractivity contribution in [2.75, 3.05) is 36.5 Å². The Morgan fingerprint density at radius 3 is 2.53 bits per heavy atom. The summed E-state index contributed by atoms with van der Waals surface area (Å²) < 4.78 is 15.7. The van der Waals surface area contributed by atoms with E-state index in [0.717, 1.165) is 19.3 Å². The van der Waals surface area contributed by atoms with E-state index in [1.54, 1.807) is 7.05 Å². The van der Waals surface area contributed by atoms with Crippen LogP contribution in [-0.2, 0) is 7.05 Å². The fourth-order valence-electron chi connectivity index (χ4n) is 4.35. The van der Waals surface area contributed by atoms with Crippen LogP contribution in [0.25, 0.3) is 11.3 Å². The van der Waals surface area contributed by atoms with E-state index in [1.165, 1.54) is 53.4 Å². The highest BCUT2D eigenvalue weighted by atomic mass is 19.1. The van der Waals surface area contributed by atoms with Gasteiger partial charge in [-0.15, -0.1) is 0 Å². The molecule has 1 saturated heterocycles. The molecule has 1 aliphatic heterocycles. The van der Waals surface area contributed by atoms with Crippen LogP contribution < -0.4 is 15.4 Å². The van der Waals surface area contributed by atoms with E-state index >= 15 is 0 Å². The maximum atomic E-state index is 14.2. The fraction of sp³-hybridized carbons (Fsp3) is 0.400. The van der Waals surface area contributed by atoms with Gasteiger partial charge in [0, 0.05) is 57.2 Å². The standard InChI is InChI=1S/C25H30FN5O/c1-18(19-7-9-20(10-8-19)31-13-5-4-6-14-31)17-29(2)25-28-23(15-24(32)30(25)3)21-11-12-27-16-22(21)26/h7-12,15-16,18H,4-6,13-14,17H2,1-3H3/t18-/m1/s1. The zero-order chi connectivity index (χ0) is 22.7. The molecule has 1 aliphatic rings. The van der Waals surface area contributed by atoms with Crippen molar-refractivity contribution in [3.63, 3.8) is 0 Å². The Hall–Kier alpha value is -3.22. The van der Waals surface area contributed by atoms with Gasteiger partial charge in [-0.3, -0.25) is 14.3 Å². The van der Waals surface area contributed by atoms with Crippen molar-refractivity contribution in [3.05, 3.63) is 70.5 Å². The van der Waals surface area contributed by atoms with E-state index in [4.69, 9.17) is 0 Å². The van der Waals surface area contributed by atoms with E-state index < -0.39 is 5.82 Å². The Balaban J connectivity index is 1.52. The van der Waals surface area contributed by atoms with E-state index in [1.807, 2.05) is 11.9 Å². The van der Waals surface area contributed by atoms with Crippen LogP contribution >= 0.6 is 0 Å². The third-order valence-corrected chi connectivity index (χ3v) is 6.23. The quantitative estimate of drug-likeness (QED) is 0.581. The SMILES string of the molecule is C[C@H](CN(C)c1nc(-c2ccncc2F)cc(=O)n1C)c1ccc(N2CCCCC2)cc1. The molecule has 0 bridgehead atoms. The number of rotatable bonds is 6. The molecule has 3 aromatic rings. The topological polar surface area (TPSA) is 54.3 Å². The monoisotopic (exact) mass is 435 g/mol. The first kappa shape index (κ1) is 22.0. The Labute approximate surface area is 188 Å². The number of piperidine rings is 1. The number of hydrogen-bond donors (Lipinski definition) is 0. The zero-order valence-electron chi connectivity index (χ0n) is 19.0. The van der Waals surface area contributed by atoms with E-state index in [2.05, 4.69) is 46.1 Å². The molecule has 1 aromatic carbocycles.